The molecule has 0 fully saturated rings. The van der Waals surface area contributed by atoms with Gasteiger partial charge in [0, 0.05) is 11.6 Å². The van der Waals surface area contributed by atoms with Gasteiger partial charge in [-0.25, -0.2) is 4.39 Å². The Labute approximate surface area is 157 Å². The summed E-state index contributed by atoms with van der Waals surface area (Å²) in [5, 5.41) is 4.23. The maximum Gasteiger partial charge on any atom is 0.296 e. The normalized spacial score (nSPS) is 16.0. The SMILES string of the molecule is Cc1cc(N2C(=O)c3oc4ccccc4c(=O)c3[C@H]2c2ccccc2F)no1. The van der Waals surface area contributed by atoms with Crippen LogP contribution in [0.1, 0.15) is 33.5 Å². The van der Waals surface area contributed by atoms with Gasteiger partial charge in [-0.2, -0.15) is 0 Å². The highest BCUT2D eigenvalue weighted by Gasteiger charge is 2.45. The zero-order valence-corrected chi connectivity index (χ0v) is 14.7. The van der Waals surface area contributed by atoms with Crippen molar-refractivity contribution >= 4 is 22.7 Å². The number of amides is 1. The minimum Gasteiger partial charge on any atom is -0.450 e. The van der Waals surface area contributed by atoms with E-state index < -0.39 is 17.8 Å². The van der Waals surface area contributed by atoms with E-state index in [0.29, 0.717) is 16.7 Å². The van der Waals surface area contributed by atoms with Crippen LogP contribution in [0.2, 0.25) is 0 Å². The molecule has 7 heteroatoms. The number of nitrogens with zero attached hydrogens (tertiary/aromatic N) is 2. The van der Waals surface area contributed by atoms with E-state index in [4.69, 9.17) is 8.94 Å². The lowest BCUT2D eigenvalue weighted by Crippen LogP contribution is -2.30. The van der Waals surface area contributed by atoms with Crippen molar-refractivity contribution in [3.8, 4) is 0 Å². The highest BCUT2D eigenvalue weighted by Crippen LogP contribution is 2.41. The lowest BCUT2D eigenvalue weighted by Gasteiger charge is -2.22. The molecule has 138 valence electrons. The van der Waals surface area contributed by atoms with Crippen molar-refractivity contribution in [3.05, 3.63) is 93.3 Å². The molecule has 3 heterocycles. The molecule has 0 radical (unpaired) electrons. The number of carbonyl (C=O) groups excluding carboxylic acids is 1. The van der Waals surface area contributed by atoms with Gasteiger partial charge in [0.1, 0.15) is 17.2 Å². The first-order valence-electron chi connectivity index (χ1n) is 8.63. The zero-order chi connectivity index (χ0) is 19.4. The van der Waals surface area contributed by atoms with E-state index in [0.717, 1.165) is 0 Å². The molecular formula is C21H13FN2O4. The van der Waals surface area contributed by atoms with Crippen molar-refractivity contribution in [2.24, 2.45) is 0 Å². The first-order chi connectivity index (χ1) is 13.6. The summed E-state index contributed by atoms with van der Waals surface area (Å²) < 4.78 is 25.6. The molecule has 2 aromatic carbocycles. The molecule has 5 rings (SSSR count). The van der Waals surface area contributed by atoms with Crippen LogP contribution in [0.3, 0.4) is 0 Å². The molecule has 0 aliphatic carbocycles. The van der Waals surface area contributed by atoms with Crippen LogP contribution in [-0.2, 0) is 0 Å². The summed E-state index contributed by atoms with van der Waals surface area (Å²) in [4.78, 5) is 27.7. The third-order valence-electron chi connectivity index (χ3n) is 4.84. The number of carbonyl (C=O) groups is 1. The number of rotatable bonds is 2. The zero-order valence-electron chi connectivity index (χ0n) is 14.7. The van der Waals surface area contributed by atoms with Crippen LogP contribution >= 0.6 is 0 Å². The molecule has 1 atom stereocenters. The standard InChI is InChI=1S/C21H13FN2O4/c1-11-10-16(23-28-11)24-18(12-6-2-4-8-14(12)22)17-19(25)13-7-3-5-9-15(13)27-20(17)21(24)26/h2-10,18H,1H3/t18-/m1/s1. The van der Waals surface area contributed by atoms with Crippen LogP contribution in [0.5, 0.6) is 0 Å². The molecule has 0 bridgehead atoms. The van der Waals surface area contributed by atoms with Gasteiger partial charge in [-0.3, -0.25) is 14.5 Å². The Morgan fingerprint density at radius 1 is 1.07 bits per heavy atom. The summed E-state index contributed by atoms with van der Waals surface area (Å²) in [6.07, 6.45) is 0. The van der Waals surface area contributed by atoms with Crippen molar-refractivity contribution in [1.29, 1.82) is 0 Å². The van der Waals surface area contributed by atoms with Crippen LogP contribution in [0.15, 0.2) is 68.3 Å². The molecule has 0 unspecified atom stereocenters. The third-order valence-corrected chi connectivity index (χ3v) is 4.84. The van der Waals surface area contributed by atoms with Gasteiger partial charge in [0.05, 0.1) is 17.0 Å². The van der Waals surface area contributed by atoms with Gasteiger partial charge in [0.25, 0.3) is 5.91 Å². The molecule has 0 saturated heterocycles. The summed E-state index contributed by atoms with van der Waals surface area (Å²) in [6.45, 7) is 1.68. The molecule has 28 heavy (non-hydrogen) atoms. The minimum absolute atomic E-state index is 0.0921. The number of para-hydroxylation sites is 1. The van der Waals surface area contributed by atoms with Crippen molar-refractivity contribution in [1.82, 2.24) is 5.16 Å². The second-order valence-corrected chi connectivity index (χ2v) is 6.57. The van der Waals surface area contributed by atoms with Crippen molar-refractivity contribution < 1.29 is 18.1 Å². The number of aryl methyl sites for hydroxylation is 1. The topological polar surface area (TPSA) is 76.6 Å². The minimum atomic E-state index is -1.01. The van der Waals surface area contributed by atoms with E-state index in [1.807, 2.05) is 0 Å². The molecule has 1 aliphatic rings. The molecule has 0 saturated carbocycles. The lowest BCUT2D eigenvalue weighted by atomic mass is 9.98. The van der Waals surface area contributed by atoms with Gasteiger partial charge in [0.15, 0.2) is 11.2 Å². The fourth-order valence-corrected chi connectivity index (χ4v) is 3.61. The highest BCUT2D eigenvalue weighted by molar-refractivity contribution is 6.10. The van der Waals surface area contributed by atoms with Crippen molar-refractivity contribution in [2.75, 3.05) is 4.90 Å². The number of anilines is 1. The Hall–Kier alpha value is -3.74. The molecule has 1 amide bonds. The maximum atomic E-state index is 14.7. The van der Waals surface area contributed by atoms with Crippen LogP contribution in [0.25, 0.3) is 11.0 Å². The Kier molecular flexibility index (Phi) is 3.45. The van der Waals surface area contributed by atoms with Crippen LogP contribution < -0.4 is 10.3 Å². The number of benzene rings is 2. The quantitative estimate of drug-likeness (QED) is 0.529. The van der Waals surface area contributed by atoms with E-state index in [2.05, 4.69) is 5.16 Å². The molecule has 6 nitrogen and oxygen atoms in total. The summed E-state index contributed by atoms with van der Waals surface area (Å²) in [6, 6.07) is 13.2. The first kappa shape index (κ1) is 16.4. The monoisotopic (exact) mass is 376 g/mol. The second kappa shape index (κ2) is 5.88. The number of aromatic nitrogens is 1. The molecule has 2 aromatic heterocycles. The van der Waals surface area contributed by atoms with E-state index >= 15 is 0 Å². The molecular weight excluding hydrogens is 363 g/mol. The number of hydrogen-bond donors (Lipinski definition) is 0. The molecule has 4 aromatic rings. The summed E-state index contributed by atoms with van der Waals surface area (Å²) in [5.74, 6) is -0.552. The largest absolute Gasteiger partial charge is 0.450 e. The maximum absolute atomic E-state index is 14.7. The summed E-state index contributed by atoms with van der Waals surface area (Å²) >= 11 is 0. The van der Waals surface area contributed by atoms with Gasteiger partial charge < -0.3 is 8.94 Å². The average molecular weight is 376 g/mol. The fraction of sp³-hybridized carbons (Fsp3) is 0.0952. The number of halogens is 1. The predicted molar refractivity (Wildman–Crippen MR) is 98.8 cm³/mol. The van der Waals surface area contributed by atoms with E-state index in [9.17, 15) is 14.0 Å². The predicted octanol–water partition coefficient (Wildman–Crippen LogP) is 3.98. The van der Waals surface area contributed by atoms with E-state index in [-0.39, 0.29) is 28.1 Å². The molecule has 1 aliphatic heterocycles. The lowest BCUT2D eigenvalue weighted by molar-refractivity contribution is 0.0969. The molecule has 0 N–H and O–H groups in total. The van der Waals surface area contributed by atoms with Crippen molar-refractivity contribution in [3.63, 3.8) is 0 Å². The fourth-order valence-electron chi connectivity index (χ4n) is 3.61. The Morgan fingerprint density at radius 2 is 1.82 bits per heavy atom. The average Bonchev–Trinajstić information content (AvgIpc) is 3.24. The Bertz CT molecular complexity index is 1310. The van der Waals surface area contributed by atoms with Gasteiger partial charge in [-0.15, -0.1) is 0 Å². The Morgan fingerprint density at radius 3 is 2.57 bits per heavy atom. The Balaban J connectivity index is 1.86. The summed E-state index contributed by atoms with van der Waals surface area (Å²) in [7, 11) is 0. The first-order valence-corrected chi connectivity index (χ1v) is 8.63. The van der Waals surface area contributed by atoms with Crippen LogP contribution in [-0.4, -0.2) is 11.1 Å². The summed E-state index contributed by atoms with van der Waals surface area (Å²) in [5.41, 5.74) is 0.193. The van der Waals surface area contributed by atoms with Crippen LogP contribution in [0, 0.1) is 12.7 Å². The van der Waals surface area contributed by atoms with Gasteiger partial charge in [-0.1, -0.05) is 35.5 Å². The van der Waals surface area contributed by atoms with Gasteiger partial charge >= 0.3 is 0 Å². The van der Waals surface area contributed by atoms with E-state index in [1.165, 1.54) is 17.0 Å². The van der Waals surface area contributed by atoms with Gasteiger partial charge in [-0.05, 0) is 25.1 Å². The second-order valence-electron chi connectivity index (χ2n) is 6.57. The number of fused-ring (bicyclic) bond motifs is 2. The third kappa shape index (κ3) is 2.22. The van der Waals surface area contributed by atoms with E-state index in [1.54, 1.807) is 49.4 Å². The van der Waals surface area contributed by atoms with Gasteiger partial charge in [0.2, 0.25) is 5.76 Å². The highest BCUT2D eigenvalue weighted by atomic mass is 19.1. The molecule has 0 spiro atoms. The van der Waals surface area contributed by atoms with Crippen LogP contribution in [0.4, 0.5) is 10.2 Å². The number of hydrogen-bond acceptors (Lipinski definition) is 5. The smallest absolute Gasteiger partial charge is 0.296 e. The van der Waals surface area contributed by atoms with Crippen molar-refractivity contribution in [2.45, 2.75) is 13.0 Å².